The van der Waals surface area contributed by atoms with Gasteiger partial charge in [0.2, 0.25) is 0 Å². The highest BCUT2D eigenvalue weighted by Gasteiger charge is 2.01. The Morgan fingerprint density at radius 1 is 1.50 bits per heavy atom. The second-order valence-corrected chi connectivity index (χ2v) is 4.13. The zero-order chi connectivity index (χ0) is 11.8. The van der Waals surface area contributed by atoms with Crippen molar-refractivity contribution in [2.45, 2.75) is 12.2 Å². The average Bonchev–Trinajstić information content (AvgIpc) is 2.35. The first kappa shape index (κ1) is 12.8. The second-order valence-electron chi connectivity index (χ2n) is 3.02. The van der Waals surface area contributed by atoms with Crippen LogP contribution in [0.4, 0.5) is 5.82 Å². The molecule has 0 atom stereocenters. The van der Waals surface area contributed by atoms with E-state index in [1.54, 1.807) is 31.2 Å². The number of nitrogens with one attached hydrogen (secondary N) is 1. The molecule has 1 rings (SSSR count). The van der Waals surface area contributed by atoms with Crippen molar-refractivity contribution in [2.24, 2.45) is 0 Å². The Bertz CT molecular complexity index is 329. The van der Waals surface area contributed by atoms with Gasteiger partial charge in [-0.3, -0.25) is 9.78 Å². The van der Waals surface area contributed by atoms with E-state index in [1.807, 2.05) is 0 Å². The molecule has 0 bridgehead atoms. The van der Waals surface area contributed by atoms with E-state index >= 15 is 0 Å². The van der Waals surface area contributed by atoms with E-state index in [-0.39, 0.29) is 5.97 Å². The number of rotatable bonds is 6. The summed E-state index contributed by atoms with van der Waals surface area (Å²) in [5.74, 6) is 2.07. The maximum Gasteiger partial charge on any atom is 0.306 e. The average molecular weight is 241 g/mol. The number of methoxy groups -OCH3 is 1. The Hall–Kier alpha value is -1.30. The summed E-state index contributed by atoms with van der Waals surface area (Å²) >= 11 is 1.64. The molecule has 1 heterocycles. The van der Waals surface area contributed by atoms with Crippen molar-refractivity contribution in [3.63, 3.8) is 0 Å². The van der Waals surface area contributed by atoms with Gasteiger partial charge in [-0.05, 0) is 0 Å². The van der Waals surface area contributed by atoms with Crippen LogP contribution in [0.5, 0.6) is 0 Å². The Kier molecular flexibility index (Phi) is 5.63. The van der Waals surface area contributed by atoms with Crippen LogP contribution in [0.1, 0.15) is 12.1 Å². The number of carbonyl (C=O) groups is 1. The summed E-state index contributed by atoms with van der Waals surface area (Å²) in [5, 5.41) is 2.90. The van der Waals surface area contributed by atoms with E-state index in [2.05, 4.69) is 20.0 Å². The highest BCUT2D eigenvalue weighted by atomic mass is 32.2. The first-order valence-corrected chi connectivity index (χ1v) is 6.05. The highest BCUT2D eigenvalue weighted by molar-refractivity contribution is 7.98. The summed E-state index contributed by atoms with van der Waals surface area (Å²) in [6.07, 6.45) is 3.86. The molecule has 1 aromatic heterocycles. The van der Waals surface area contributed by atoms with Gasteiger partial charge >= 0.3 is 5.97 Å². The van der Waals surface area contributed by atoms with Gasteiger partial charge in [0.25, 0.3) is 0 Å². The Morgan fingerprint density at radius 2 is 2.31 bits per heavy atom. The normalized spacial score (nSPS) is 9.88. The first-order valence-electron chi connectivity index (χ1n) is 4.89. The standard InChI is InChI=1S/C10H15N3O2S/c1-11-9-6-12-8(5-13-9)7-16-4-3-10(14)15-2/h5-6H,3-4,7H2,1-2H3,(H,11,13). The van der Waals surface area contributed by atoms with Gasteiger partial charge in [0.15, 0.2) is 0 Å². The molecule has 1 N–H and O–H groups in total. The fourth-order valence-corrected chi connectivity index (χ4v) is 1.81. The fourth-order valence-electron chi connectivity index (χ4n) is 0.993. The van der Waals surface area contributed by atoms with Crippen LogP contribution >= 0.6 is 11.8 Å². The maximum absolute atomic E-state index is 10.8. The smallest absolute Gasteiger partial charge is 0.306 e. The lowest BCUT2D eigenvalue weighted by Gasteiger charge is -2.02. The van der Waals surface area contributed by atoms with Crippen LogP contribution in [0.25, 0.3) is 0 Å². The number of aromatic nitrogens is 2. The van der Waals surface area contributed by atoms with Crippen LogP contribution in [0.3, 0.4) is 0 Å². The van der Waals surface area contributed by atoms with Crippen molar-refractivity contribution < 1.29 is 9.53 Å². The van der Waals surface area contributed by atoms with E-state index in [0.717, 1.165) is 23.0 Å². The van der Waals surface area contributed by atoms with Gasteiger partial charge in [0.1, 0.15) is 5.82 Å². The molecule has 6 heteroatoms. The summed E-state index contributed by atoms with van der Waals surface area (Å²) < 4.78 is 4.54. The molecule has 0 fully saturated rings. The first-order chi connectivity index (χ1) is 7.76. The van der Waals surface area contributed by atoms with Crippen LogP contribution in [0, 0.1) is 0 Å². The van der Waals surface area contributed by atoms with Gasteiger partial charge < -0.3 is 10.1 Å². The molecule has 5 nitrogen and oxygen atoms in total. The number of hydrogen-bond acceptors (Lipinski definition) is 6. The van der Waals surface area contributed by atoms with Crippen LogP contribution in [0.2, 0.25) is 0 Å². The maximum atomic E-state index is 10.8. The Labute approximate surface area is 99.0 Å². The molecular weight excluding hydrogens is 226 g/mol. The summed E-state index contributed by atoms with van der Waals surface area (Å²) in [5.41, 5.74) is 0.911. The van der Waals surface area contributed by atoms with Crippen molar-refractivity contribution in [1.82, 2.24) is 9.97 Å². The number of thioether (sulfide) groups is 1. The number of carbonyl (C=O) groups excluding carboxylic acids is 1. The summed E-state index contributed by atoms with van der Waals surface area (Å²) in [7, 11) is 3.20. The molecule has 0 saturated heterocycles. The minimum atomic E-state index is -0.177. The molecule has 0 aliphatic rings. The van der Waals surface area contributed by atoms with Crippen molar-refractivity contribution >= 4 is 23.5 Å². The van der Waals surface area contributed by atoms with Crippen LogP contribution < -0.4 is 5.32 Å². The highest BCUT2D eigenvalue weighted by Crippen LogP contribution is 2.11. The molecule has 0 spiro atoms. The van der Waals surface area contributed by atoms with Crippen molar-refractivity contribution in [3.8, 4) is 0 Å². The molecule has 1 aromatic rings. The molecule has 0 amide bonds. The second kappa shape index (κ2) is 7.05. The lowest BCUT2D eigenvalue weighted by Crippen LogP contribution is -2.01. The molecule has 0 aromatic carbocycles. The zero-order valence-corrected chi connectivity index (χ0v) is 10.2. The molecule has 16 heavy (non-hydrogen) atoms. The largest absolute Gasteiger partial charge is 0.469 e. The lowest BCUT2D eigenvalue weighted by atomic mass is 10.5. The molecule has 0 saturated carbocycles. The van der Waals surface area contributed by atoms with Gasteiger partial charge in [-0.1, -0.05) is 0 Å². The minimum Gasteiger partial charge on any atom is -0.469 e. The van der Waals surface area contributed by atoms with E-state index in [9.17, 15) is 4.79 Å². The number of ether oxygens (including phenoxy) is 1. The third-order valence-electron chi connectivity index (χ3n) is 1.89. The molecule has 0 aliphatic heterocycles. The fraction of sp³-hybridized carbons (Fsp3) is 0.500. The van der Waals surface area contributed by atoms with Crippen LogP contribution in [-0.4, -0.2) is 35.8 Å². The van der Waals surface area contributed by atoms with E-state index < -0.39 is 0 Å². The molecule has 0 unspecified atom stereocenters. The van der Waals surface area contributed by atoms with Gasteiger partial charge in [0, 0.05) is 18.6 Å². The molecule has 88 valence electrons. The van der Waals surface area contributed by atoms with E-state index in [0.29, 0.717) is 6.42 Å². The summed E-state index contributed by atoms with van der Waals surface area (Å²) in [4.78, 5) is 19.2. The number of nitrogens with zero attached hydrogens (tertiary/aromatic N) is 2. The Balaban J connectivity index is 2.24. The van der Waals surface area contributed by atoms with Gasteiger partial charge in [0.05, 0.1) is 31.6 Å². The van der Waals surface area contributed by atoms with Gasteiger partial charge in [-0.2, -0.15) is 11.8 Å². The third kappa shape index (κ3) is 4.48. The monoisotopic (exact) mass is 241 g/mol. The molecular formula is C10H15N3O2S. The van der Waals surface area contributed by atoms with Crippen molar-refractivity contribution in [2.75, 3.05) is 25.2 Å². The SMILES string of the molecule is CNc1cnc(CSCCC(=O)OC)cn1. The lowest BCUT2D eigenvalue weighted by molar-refractivity contribution is -0.140. The van der Waals surface area contributed by atoms with Gasteiger partial charge in [-0.25, -0.2) is 4.98 Å². The van der Waals surface area contributed by atoms with E-state index in [1.165, 1.54) is 7.11 Å². The predicted octanol–water partition coefficient (Wildman–Crippen LogP) is 1.31. The van der Waals surface area contributed by atoms with E-state index in [4.69, 9.17) is 0 Å². The molecule has 0 radical (unpaired) electrons. The summed E-state index contributed by atoms with van der Waals surface area (Å²) in [6.45, 7) is 0. The van der Waals surface area contributed by atoms with Crippen molar-refractivity contribution in [1.29, 1.82) is 0 Å². The van der Waals surface area contributed by atoms with Crippen LogP contribution in [-0.2, 0) is 15.3 Å². The Morgan fingerprint density at radius 3 is 2.88 bits per heavy atom. The van der Waals surface area contributed by atoms with Gasteiger partial charge in [-0.15, -0.1) is 0 Å². The topological polar surface area (TPSA) is 64.1 Å². The third-order valence-corrected chi connectivity index (χ3v) is 2.88. The molecule has 0 aliphatic carbocycles. The van der Waals surface area contributed by atoms with Crippen LogP contribution in [0.15, 0.2) is 12.4 Å². The number of hydrogen-bond donors (Lipinski definition) is 1. The quantitative estimate of drug-likeness (QED) is 0.598. The summed E-state index contributed by atoms with van der Waals surface area (Å²) in [6, 6.07) is 0. The number of anilines is 1. The van der Waals surface area contributed by atoms with Crippen molar-refractivity contribution in [3.05, 3.63) is 18.1 Å². The minimum absolute atomic E-state index is 0.177. The zero-order valence-electron chi connectivity index (χ0n) is 9.40. The number of esters is 1. The predicted molar refractivity (Wildman–Crippen MR) is 64.4 cm³/mol.